The molecule has 0 spiro atoms. The lowest BCUT2D eigenvalue weighted by Crippen LogP contribution is -2.43. The number of amides is 3. The van der Waals surface area contributed by atoms with E-state index in [9.17, 15) is 14.4 Å². The molecule has 2 aromatic rings. The number of alkyl carbamates (subject to hydrolysis) is 2. The van der Waals surface area contributed by atoms with Gasteiger partial charge in [0.1, 0.15) is 23.4 Å². The number of carbonyl (C=O) groups is 3. The lowest BCUT2D eigenvalue weighted by Gasteiger charge is -2.30. The van der Waals surface area contributed by atoms with Crippen LogP contribution in [-0.4, -0.2) is 62.1 Å². The Balaban J connectivity index is 1.01. The SMILES string of the molecule is CCCCCCCC/C=C\CCCCCCCCNC(=O)OCCCCCCCCCCCCNC(=O)OC1CCN(C(=O)Oc2ccc(Oc3ccccc3)cc2)CC1. The quantitative estimate of drug-likeness (QED) is 0.0543. The van der Waals surface area contributed by atoms with Gasteiger partial charge in [0.2, 0.25) is 0 Å². The van der Waals surface area contributed by atoms with Crippen molar-refractivity contribution in [1.82, 2.24) is 15.5 Å². The largest absolute Gasteiger partial charge is 0.457 e. The lowest BCUT2D eigenvalue weighted by atomic mass is 10.1. The Hall–Kier alpha value is -4.21. The summed E-state index contributed by atoms with van der Waals surface area (Å²) in [6.07, 6.45) is 33.9. The molecule has 0 bridgehead atoms. The summed E-state index contributed by atoms with van der Waals surface area (Å²) in [5, 5.41) is 5.78. The number of benzene rings is 2. The highest BCUT2D eigenvalue weighted by molar-refractivity contribution is 5.71. The zero-order valence-electron chi connectivity index (χ0n) is 37.2. The maximum atomic E-state index is 12.7. The normalized spacial score (nSPS) is 13.0. The van der Waals surface area contributed by atoms with Gasteiger partial charge >= 0.3 is 18.3 Å². The van der Waals surface area contributed by atoms with Gasteiger partial charge in [0.25, 0.3) is 0 Å². The van der Waals surface area contributed by atoms with Crippen molar-refractivity contribution >= 4 is 18.3 Å². The van der Waals surface area contributed by atoms with E-state index in [1.807, 2.05) is 30.3 Å². The van der Waals surface area contributed by atoms with E-state index >= 15 is 0 Å². The van der Waals surface area contributed by atoms with E-state index in [1.165, 1.54) is 109 Å². The van der Waals surface area contributed by atoms with E-state index in [-0.39, 0.29) is 18.3 Å². The predicted molar refractivity (Wildman–Crippen MR) is 243 cm³/mol. The molecule has 10 heteroatoms. The van der Waals surface area contributed by atoms with E-state index in [1.54, 1.807) is 29.2 Å². The number of piperidine rings is 1. The number of para-hydroxylation sites is 1. The van der Waals surface area contributed by atoms with Gasteiger partial charge in [-0.25, -0.2) is 14.4 Å². The van der Waals surface area contributed by atoms with Crippen LogP contribution in [0.3, 0.4) is 0 Å². The number of nitrogens with zero attached hydrogens (tertiary/aromatic N) is 1. The second kappa shape index (κ2) is 34.5. The van der Waals surface area contributed by atoms with Gasteiger partial charge in [0.05, 0.1) is 6.61 Å². The minimum atomic E-state index is -0.410. The van der Waals surface area contributed by atoms with Crippen LogP contribution in [0.15, 0.2) is 66.7 Å². The number of allylic oxidation sites excluding steroid dienone is 2. The van der Waals surface area contributed by atoms with Crippen LogP contribution >= 0.6 is 0 Å². The standard InChI is InChI=1S/C50H79N3O7/c1-2-3-4-5-6-7-8-9-10-11-12-13-16-19-22-28-39-51-48(54)57-43-30-24-21-18-15-14-17-20-23-29-40-52-49(55)59-47-37-41-53(42-38-47)50(56)60-46-35-33-45(34-36-46)58-44-31-26-25-27-32-44/h9-10,25-27,31-36,47H,2-8,11-24,28-30,37-43H2,1H3,(H,51,54)(H,52,55)/b10-9-. The average Bonchev–Trinajstić information content (AvgIpc) is 3.26. The Morgan fingerprint density at radius 2 is 1.03 bits per heavy atom. The molecular formula is C50H79N3O7. The monoisotopic (exact) mass is 834 g/mol. The molecule has 1 aliphatic heterocycles. The fourth-order valence-electron chi connectivity index (χ4n) is 7.33. The van der Waals surface area contributed by atoms with Crippen LogP contribution in [-0.2, 0) is 9.47 Å². The number of hydrogen-bond donors (Lipinski definition) is 2. The average molecular weight is 834 g/mol. The molecule has 10 nitrogen and oxygen atoms in total. The topological polar surface area (TPSA) is 115 Å². The number of rotatable bonds is 33. The molecule has 0 saturated carbocycles. The van der Waals surface area contributed by atoms with Gasteiger partial charge in [-0.2, -0.15) is 0 Å². The van der Waals surface area contributed by atoms with Crippen LogP contribution in [0.4, 0.5) is 14.4 Å². The summed E-state index contributed by atoms with van der Waals surface area (Å²) in [6, 6.07) is 16.4. The van der Waals surface area contributed by atoms with Gasteiger partial charge < -0.3 is 34.5 Å². The first-order valence-corrected chi connectivity index (χ1v) is 23.8. The number of unbranched alkanes of at least 4 members (excludes halogenated alkanes) is 21. The van der Waals surface area contributed by atoms with Crippen LogP contribution in [0, 0.1) is 0 Å². The molecule has 1 saturated heterocycles. The smallest absolute Gasteiger partial charge is 0.415 e. The summed E-state index contributed by atoms with van der Waals surface area (Å²) in [4.78, 5) is 38.6. The summed E-state index contributed by atoms with van der Waals surface area (Å²) in [6.45, 7) is 5.02. The Labute approximate surface area is 362 Å². The van der Waals surface area contributed by atoms with Crippen LogP contribution in [0.1, 0.15) is 174 Å². The second-order valence-corrected chi connectivity index (χ2v) is 16.3. The Morgan fingerprint density at radius 3 is 1.60 bits per heavy atom. The van der Waals surface area contributed by atoms with Crippen LogP contribution in [0.2, 0.25) is 0 Å². The van der Waals surface area contributed by atoms with Gasteiger partial charge in [-0.05, 0) is 81.3 Å². The molecule has 60 heavy (non-hydrogen) atoms. The predicted octanol–water partition coefficient (Wildman–Crippen LogP) is 13.8. The van der Waals surface area contributed by atoms with E-state index in [0.717, 1.165) is 50.7 Å². The van der Waals surface area contributed by atoms with Gasteiger partial charge in [0.15, 0.2) is 0 Å². The number of nitrogens with one attached hydrogen (secondary N) is 2. The van der Waals surface area contributed by atoms with Crippen LogP contribution in [0.5, 0.6) is 17.2 Å². The molecule has 0 atom stereocenters. The highest BCUT2D eigenvalue weighted by Gasteiger charge is 2.26. The molecule has 2 aromatic carbocycles. The minimum absolute atomic E-state index is 0.211. The first-order valence-electron chi connectivity index (χ1n) is 23.8. The zero-order valence-corrected chi connectivity index (χ0v) is 37.2. The highest BCUT2D eigenvalue weighted by Crippen LogP contribution is 2.24. The van der Waals surface area contributed by atoms with Crippen LogP contribution < -0.4 is 20.1 Å². The van der Waals surface area contributed by atoms with Gasteiger partial charge in [-0.1, -0.05) is 146 Å². The maximum absolute atomic E-state index is 12.7. The van der Waals surface area contributed by atoms with Crippen molar-refractivity contribution in [3.05, 3.63) is 66.7 Å². The fourth-order valence-corrected chi connectivity index (χ4v) is 7.33. The van der Waals surface area contributed by atoms with Crippen LogP contribution in [0.25, 0.3) is 0 Å². The molecule has 1 aliphatic rings. The lowest BCUT2D eigenvalue weighted by molar-refractivity contribution is 0.0525. The third-order valence-corrected chi connectivity index (χ3v) is 11.0. The molecule has 1 fully saturated rings. The van der Waals surface area contributed by atoms with Crippen molar-refractivity contribution in [2.75, 3.05) is 32.8 Å². The molecule has 1 heterocycles. The van der Waals surface area contributed by atoms with Crippen molar-refractivity contribution in [2.24, 2.45) is 0 Å². The number of ether oxygens (including phenoxy) is 4. The summed E-state index contributed by atoms with van der Waals surface area (Å²) in [5.41, 5.74) is 0. The molecule has 0 aliphatic carbocycles. The molecular weight excluding hydrogens is 755 g/mol. The van der Waals surface area contributed by atoms with Crippen molar-refractivity contribution in [2.45, 2.75) is 180 Å². The van der Waals surface area contributed by atoms with Crippen molar-refractivity contribution < 1.29 is 33.3 Å². The Morgan fingerprint density at radius 1 is 0.567 bits per heavy atom. The molecule has 3 amide bonds. The maximum Gasteiger partial charge on any atom is 0.415 e. The fraction of sp³-hybridized carbons (Fsp3) is 0.660. The third kappa shape index (κ3) is 26.1. The van der Waals surface area contributed by atoms with E-state index in [2.05, 4.69) is 29.7 Å². The molecule has 3 rings (SSSR count). The Kier molecular flexibility index (Phi) is 28.8. The van der Waals surface area contributed by atoms with Gasteiger partial charge in [-0.15, -0.1) is 0 Å². The van der Waals surface area contributed by atoms with E-state index < -0.39 is 6.09 Å². The first kappa shape index (κ1) is 50.1. The molecule has 336 valence electrons. The van der Waals surface area contributed by atoms with Crippen molar-refractivity contribution in [3.8, 4) is 17.2 Å². The number of carbonyl (C=O) groups excluding carboxylic acids is 3. The van der Waals surface area contributed by atoms with E-state index in [0.29, 0.717) is 57.1 Å². The Bertz CT molecular complexity index is 1400. The molecule has 2 N–H and O–H groups in total. The van der Waals surface area contributed by atoms with E-state index in [4.69, 9.17) is 18.9 Å². The molecule has 0 aromatic heterocycles. The third-order valence-electron chi connectivity index (χ3n) is 11.0. The molecule has 0 unspecified atom stereocenters. The molecule has 0 radical (unpaired) electrons. The number of hydrogen-bond acceptors (Lipinski definition) is 7. The first-order chi connectivity index (χ1) is 29.5. The second-order valence-electron chi connectivity index (χ2n) is 16.3. The van der Waals surface area contributed by atoms with Crippen molar-refractivity contribution in [1.29, 1.82) is 0 Å². The summed E-state index contributed by atoms with van der Waals surface area (Å²) >= 11 is 0. The van der Waals surface area contributed by atoms with Crippen molar-refractivity contribution in [3.63, 3.8) is 0 Å². The highest BCUT2D eigenvalue weighted by atomic mass is 16.6. The zero-order chi connectivity index (χ0) is 42.6. The number of likely N-dealkylation sites (tertiary alicyclic amines) is 1. The summed E-state index contributed by atoms with van der Waals surface area (Å²) in [7, 11) is 0. The summed E-state index contributed by atoms with van der Waals surface area (Å²) < 4.78 is 22.3. The minimum Gasteiger partial charge on any atom is -0.457 e. The van der Waals surface area contributed by atoms with Gasteiger partial charge in [0, 0.05) is 39.0 Å². The summed E-state index contributed by atoms with van der Waals surface area (Å²) in [5.74, 6) is 1.84. The van der Waals surface area contributed by atoms with Gasteiger partial charge in [-0.3, -0.25) is 0 Å².